The third kappa shape index (κ3) is 5.09. The number of dihydropyridines is 1. The Morgan fingerprint density at radius 3 is 2.77 bits per heavy atom. The van der Waals surface area contributed by atoms with E-state index in [4.69, 9.17) is 0 Å². The van der Waals surface area contributed by atoms with Crippen molar-refractivity contribution in [3.05, 3.63) is 82.6 Å². The van der Waals surface area contributed by atoms with Gasteiger partial charge < -0.3 is 16.0 Å². The molecule has 1 aliphatic heterocycles. The van der Waals surface area contributed by atoms with Crippen molar-refractivity contribution in [2.75, 3.05) is 6.54 Å². The zero-order valence-corrected chi connectivity index (χ0v) is 17.2. The minimum absolute atomic E-state index is 0.0269. The van der Waals surface area contributed by atoms with Crippen molar-refractivity contribution in [3.63, 3.8) is 0 Å². The number of allylic oxidation sites excluding steroid dienone is 4. The summed E-state index contributed by atoms with van der Waals surface area (Å²) in [6, 6.07) is 7.80. The summed E-state index contributed by atoms with van der Waals surface area (Å²) in [6.45, 7) is 1.22. The maximum Gasteiger partial charge on any atom is 0.251 e. The van der Waals surface area contributed by atoms with E-state index in [0.717, 1.165) is 37.8 Å². The van der Waals surface area contributed by atoms with Gasteiger partial charge in [-0.2, -0.15) is 0 Å². The highest BCUT2D eigenvalue weighted by Gasteiger charge is 2.18. The number of rotatable bonds is 6. The van der Waals surface area contributed by atoms with Gasteiger partial charge in [-0.1, -0.05) is 37.1 Å². The molecule has 0 bridgehead atoms. The second-order valence-electron chi connectivity index (χ2n) is 8.11. The molecule has 0 saturated heterocycles. The number of carbonyl (C=O) groups excluding carboxylic acids is 2. The van der Waals surface area contributed by atoms with Crippen LogP contribution in [0.1, 0.15) is 54.4 Å². The van der Waals surface area contributed by atoms with E-state index in [9.17, 15) is 9.59 Å². The second kappa shape index (κ2) is 9.61. The van der Waals surface area contributed by atoms with Crippen molar-refractivity contribution < 1.29 is 9.59 Å². The van der Waals surface area contributed by atoms with E-state index in [-0.39, 0.29) is 11.8 Å². The molecule has 2 amide bonds. The predicted molar refractivity (Wildman–Crippen MR) is 119 cm³/mol. The van der Waals surface area contributed by atoms with Crippen LogP contribution in [0.3, 0.4) is 0 Å². The Hall–Kier alpha value is -3.08. The van der Waals surface area contributed by atoms with Crippen LogP contribution in [0.2, 0.25) is 0 Å². The van der Waals surface area contributed by atoms with Crippen LogP contribution in [0.25, 0.3) is 0 Å². The fourth-order valence-electron chi connectivity index (χ4n) is 4.23. The van der Waals surface area contributed by atoms with Crippen LogP contribution in [0.4, 0.5) is 0 Å². The van der Waals surface area contributed by atoms with E-state index in [1.807, 2.05) is 42.6 Å². The molecule has 2 aliphatic carbocycles. The van der Waals surface area contributed by atoms with E-state index >= 15 is 0 Å². The van der Waals surface area contributed by atoms with Crippen LogP contribution in [-0.2, 0) is 11.3 Å². The third-order valence-corrected chi connectivity index (χ3v) is 5.89. The molecule has 1 aromatic rings. The van der Waals surface area contributed by atoms with Crippen molar-refractivity contribution in [3.8, 4) is 0 Å². The smallest absolute Gasteiger partial charge is 0.251 e. The highest BCUT2D eigenvalue weighted by molar-refractivity contribution is 5.97. The largest absolute Gasteiger partial charge is 0.387 e. The molecular weight excluding hydrogens is 374 g/mol. The number of benzene rings is 1. The number of amides is 2. The first kappa shape index (κ1) is 20.2. The molecule has 0 radical (unpaired) electrons. The highest BCUT2D eigenvalue weighted by atomic mass is 16.2. The molecule has 0 unspecified atom stereocenters. The third-order valence-electron chi connectivity index (χ3n) is 5.89. The molecule has 1 fully saturated rings. The first-order chi connectivity index (χ1) is 14.7. The lowest BCUT2D eigenvalue weighted by Gasteiger charge is -2.17. The number of nitrogens with one attached hydrogen (secondary N) is 3. The Balaban J connectivity index is 1.35. The van der Waals surface area contributed by atoms with Crippen LogP contribution >= 0.6 is 0 Å². The first-order valence-electron chi connectivity index (χ1n) is 10.9. The number of carbonyl (C=O) groups is 2. The molecule has 5 nitrogen and oxygen atoms in total. The van der Waals surface area contributed by atoms with E-state index in [2.05, 4.69) is 28.1 Å². The van der Waals surface area contributed by atoms with Gasteiger partial charge in [0.15, 0.2) is 0 Å². The molecule has 4 rings (SSSR count). The molecule has 30 heavy (non-hydrogen) atoms. The summed E-state index contributed by atoms with van der Waals surface area (Å²) in [4.78, 5) is 25.2. The van der Waals surface area contributed by atoms with E-state index in [0.29, 0.717) is 23.7 Å². The SMILES string of the molecule is O=C(NCc1cccc(C(=O)NC2CCCC2)c1)C1=CCCC(C2=CCNC=C2)=C1. The monoisotopic (exact) mass is 403 g/mol. The molecule has 5 heteroatoms. The van der Waals surface area contributed by atoms with Crippen molar-refractivity contribution in [2.24, 2.45) is 0 Å². The molecule has 156 valence electrons. The van der Waals surface area contributed by atoms with Gasteiger partial charge in [0, 0.05) is 30.3 Å². The van der Waals surface area contributed by atoms with Crippen LogP contribution in [0.5, 0.6) is 0 Å². The highest BCUT2D eigenvalue weighted by Crippen LogP contribution is 2.25. The maximum absolute atomic E-state index is 12.7. The lowest BCUT2D eigenvalue weighted by molar-refractivity contribution is -0.117. The number of hydrogen-bond donors (Lipinski definition) is 3. The van der Waals surface area contributed by atoms with Crippen LogP contribution in [-0.4, -0.2) is 24.4 Å². The quantitative estimate of drug-likeness (QED) is 0.679. The fourth-order valence-corrected chi connectivity index (χ4v) is 4.23. The van der Waals surface area contributed by atoms with Gasteiger partial charge >= 0.3 is 0 Å². The molecule has 3 aliphatic rings. The average molecular weight is 404 g/mol. The topological polar surface area (TPSA) is 70.2 Å². The summed E-state index contributed by atoms with van der Waals surface area (Å²) in [6.07, 6.45) is 16.5. The summed E-state index contributed by atoms with van der Waals surface area (Å²) >= 11 is 0. The van der Waals surface area contributed by atoms with Gasteiger partial charge in [-0.05, 0) is 72.9 Å². The van der Waals surface area contributed by atoms with E-state index < -0.39 is 0 Å². The van der Waals surface area contributed by atoms with Gasteiger partial charge in [0.1, 0.15) is 0 Å². The minimum Gasteiger partial charge on any atom is -0.387 e. The van der Waals surface area contributed by atoms with Crippen molar-refractivity contribution in [1.82, 2.24) is 16.0 Å². The Bertz CT molecular complexity index is 933. The fraction of sp³-hybridized carbons (Fsp3) is 0.360. The van der Waals surface area contributed by atoms with Gasteiger partial charge in [0.05, 0.1) is 0 Å². The van der Waals surface area contributed by atoms with Crippen LogP contribution in [0, 0.1) is 0 Å². The lowest BCUT2D eigenvalue weighted by atomic mass is 9.92. The van der Waals surface area contributed by atoms with Crippen LogP contribution in [0.15, 0.2) is 71.5 Å². The normalized spacial score (nSPS) is 18.7. The lowest BCUT2D eigenvalue weighted by Crippen LogP contribution is -2.32. The van der Waals surface area contributed by atoms with Gasteiger partial charge in [0.2, 0.25) is 0 Å². The zero-order valence-electron chi connectivity index (χ0n) is 17.2. The molecule has 0 spiro atoms. The Morgan fingerprint density at radius 2 is 1.97 bits per heavy atom. The average Bonchev–Trinajstić information content (AvgIpc) is 3.31. The van der Waals surface area contributed by atoms with Gasteiger partial charge in [-0.15, -0.1) is 0 Å². The predicted octanol–water partition coefficient (Wildman–Crippen LogP) is 3.67. The summed E-state index contributed by atoms with van der Waals surface area (Å²) < 4.78 is 0. The van der Waals surface area contributed by atoms with Crippen molar-refractivity contribution in [2.45, 2.75) is 51.1 Å². The molecule has 1 aromatic carbocycles. The summed E-state index contributed by atoms with van der Waals surface area (Å²) in [5, 5.41) is 9.27. The van der Waals surface area contributed by atoms with Gasteiger partial charge in [-0.25, -0.2) is 0 Å². The summed E-state index contributed by atoms with van der Waals surface area (Å²) in [5.41, 5.74) is 4.67. The molecule has 0 atom stereocenters. The molecule has 0 aromatic heterocycles. The standard InChI is InChI=1S/C25H29N3O2/c29-24(22-8-4-6-20(16-22)19-11-13-26-14-12-19)27-17-18-5-3-7-21(15-18)25(30)28-23-9-1-2-10-23/h3,5,7-8,11-13,15-16,23,26H,1-2,4,6,9-10,14,17H2,(H,27,29)(H,28,30). The Kier molecular flexibility index (Phi) is 6.47. The van der Waals surface area contributed by atoms with E-state index in [1.54, 1.807) is 0 Å². The van der Waals surface area contributed by atoms with Crippen LogP contribution < -0.4 is 16.0 Å². The summed E-state index contributed by atoms with van der Waals surface area (Å²) in [7, 11) is 0. The minimum atomic E-state index is -0.0773. The maximum atomic E-state index is 12.7. The number of hydrogen-bond acceptors (Lipinski definition) is 3. The molecule has 1 heterocycles. The van der Waals surface area contributed by atoms with Crippen molar-refractivity contribution in [1.29, 1.82) is 0 Å². The zero-order chi connectivity index (χ0) is 20.8. The van der Waals surface area contributed by atoms with Gasteiger partial charge in [0.25, 0.3) is 11.8 Å². The summed E-state index contributed by atoms with van der Waals surface area (Å²) in [5.74, 6) is -0.104. The molecule has 3 N–H and O–H groups in total. The van der Waals surface area contributed by atoms with E-state index in [1.165, 1.54) is 24.0 Å². The molecule has 1 saturated carbocycles. The van der Waals surface area contributed by atoms with Crippen molar-refractivity contribution >= 4 is 11.8 Å². The second-order valence-corrected chi connectivity index (χ2v) is 8.11. The first-order valence-corrected chi connectivity index (χ1v) is 10.9. The van der Waals surface area contributed by atoms with Gasteiger partial charge in [-0.3, -0.25) is 9.59 Å². The molecular formula is C25H29N3O2. The Morgan fingerprint density at radius 1 is 1.10 bits per heavy atom. The Labute approximate surface area is 178 Å².